The molecule has 2 aromatic carbocycles. The topological polar surface area (TPSA) is 70.1 Å². The zero-order valence-electron chi connectivity index (χ0n) is 12.8. The molecule has 3 aromatic rings. The van der Waals surface area contributed by atoms with Crippen LogP contribution in [-0.2, 0) is 0 Å². The summed E-state index contributed by atoms with van der Waals surface area (Å²) in [4.78, 5) is 17.6. The number of rotatable bonds is 3. The third-order valence-corrected chi connectivity index (χ3v) is 3.91. The van der Waals surface area contributed by atoms with E-state index in [9.17, 15) is 4.79 Å². The summed E-state index contributed by atoms with van der Waals surface area (Å²) in [6.07, 6.45) is 0. The second-order valence-corrected chi connectivity index (χ2v) is 5.64. The average molecular weight is 330 g/mol. The Labute approximate surface area is 138 Å². The summed E-state index contributed by atoms with van der Waals surface area (Å²) >= 11 is 6.20. The first-order valence-electron chi connectivity index (χ1n) is 7.14. The van der Waals surface area contributed by atoms with Gasteiger partial charge in [0.25, 0.3) is 5.56 Å². The summed E-state index contributed by atoms with van der Waals surface area (Å²) in [6, 6.07) is 12.0. The first-order chi connectivity index (χ1) is 11.0. The molecule has 1 aromatic heterocycles. The molecule has 0 aliphatic heterocycles. The molecule has 23 heavy (non-hydrogen) atoms. The van der Waals surface area contributed by atoms with Crippen molar-refractivity contribution < 1.29 is 4.74 Å². The van der Waals surface area contributed by atoms with Gasteiger partial charge in [-0.05, 0) is 31.2 Å². The molecule has 1 atom stereocenters. The van der Waals surface area contributed by atoms with Crippen LogP contribution in [0.4, 0.5) is 0 Å². The van der Waals surface area contributed by atoms with Gasteiger partial charge in [0.1, 0.15) is 11.6 Å². The van der Waals surface area contributed by atoms with Gasteiger partial charge in [0.15, 0.2) is 0 Å². The molecule has 0 bridgehead atoms. The average Bonchev–Trinajstić information content (AvgIpc) is 2.54. The van der Waals surface area contributed by atoms with Gasteiger partial charge in [-0.15, -0.1) is 0 Å². The van der Waals surface area contributed by atoms with Crippen LogP contribution in [0.2, 0.25) is 5.02 Å². The predicted molar refractivity (Wildman–Crippen MR) is 91.5 cm³/mol. The van der Waals surface area contributed by atoms with E-state index in [-0.39, 0.29) is 5.56 Å². The monoisotopic (exact) mass is 329 g/mol. The quantitative estimate of drug-likeness (QED) is 0.801. The van der Waals surface area contributed by atoms with E-state index in [4.69, 9.17) is 22.1 Å². The lowest BCUT2D eigenvalue weighted by Crippen LogP contribution is -2.27. The number of nitrogens with zero attached hydrogens (tertiary/aromatic N) is 2. The predicted octanol–water partition coefficient (Wildman–Crippen LogP) is 3.07. The van der Waals surface area contributed by atoms with Gasteiger partial charge in [-0.25, -0.2) is 4.98 Å². The number of nitrogens with two attached hydrogens (primary N) is 1. The number of halogens is 1. The molecular weight excluding hydrogens is 314 g/mol. The second kappa shape index (κ2) is 6.02. The molecule has 0 saturated heterocycles. The number of methoxy groups -OCH3 is 1. The molecule has 0 radical (unpaired) electrons. The molecule has 2 N–H and O–H groups in total. The third kappa shape index (κ3) is 2.69. The first-order valence-corrected chi connectivity index (χ1v) is 7.52. The highest BCUT2D eigenvalue weighted by Gasteiger charge is 2.17. The fourth-order valence-corrected chi connectivity index (χ4v) is 2.76. The second-order valence-electron chi connectivity index (χ2n) is 5.23. The van der Waals surface area contributed by atoms with E-state index in [0.717, 1.165) is 0 Å². The lowest BCUT2D eigenvalue weighted by atomic mass is 10.2. The van der Waals surface area contributed by atoms with E-state index in [1.54, 1.807) is 44.4 Å². The molecule has 0 aliphatic carbocycles. The smallest absolute Gasteiger partial charge is 0.267 e. The van der Waals surface area contributed by atoms with E-state index >= 15 is 0 Å². The molecule has 3 rings (SSSR count). The Morgan fingerprint density at radius 1 is 1.26 bits per heavy atom. The number of aromatic nitrogens is 2. The van der Waals surface area contributed by atoms with Gasteiger partial charge in [-0.2, -0.15) is 0 Å². The molecule has 0 amide bonds. The van der Waals surface area contributed by atoms with E-state index in [0.29, 0.717) is 33.2 Å². The highest BCUT2D eigenvalue weighted by molar-refractivity contribution is 6.35. The van der Waals surface area contributed by atoms with Gasteiger partial charge in [0.05, 0.1) is 34.8 Å². The van der Waals surface area contributed by atoms with Crippen molar-refractivity contribution in [1.29, 1.82) is 0 Å². The first kappa shape index (κ1) is 15.5. The fourth-order valence-electron chi connectivity index (χ4n) is 2.51. The van der Waals surface area contributed by atoms with Crippen LogP contribution < -0.4 is 16.0 Å². The van der Waals surface area contributed by atoms with Crippen molar-refractivity contribution in [1.82, 2.24) is 9.55 Å². The van der Waals surface area contributed by atoms with Crippen molar-refractivity contribution in [2.45, 2.75) is 13.0 Å². The Kier molecular flexibility index (Phi) is 4.07. The van der Waals surface area contributed by atoms with Gasteiger partial charge < -0.3 is 10.5 Å². The van der Waals surface area contributed by atoms with Crippen LogP contribution in [-0.4, -0.2) is 16.7 Å². The molecule has 0 aliphatic rings. The molecule has 0 spiro atoms. The van der Waals surface area contributed by atoms with Crippen LogP contribution >= 0.6 is 11.6 Å². The Bertz CT molecular complexity index is 935. The minimum absolute atomic E-state index is 0.249. The largest absolute Gasteiger partial charge is 0.497 e. The van der Waals surface area contributed by atoms with Gasteiger partial charge in [-0.3, -0.25) is 9.36 Å². The minimum Gasteiger partial charge on any atom is -0.497 e. The Morgan fingerprint density at radius 2 is 2.00 bits per heavy atom. The van der Waals surface area contributed by atoms with Crippen molar-refractivity contribution in [3.05, 3.63) is 63.7 Å². The number of ether oxygens (including phenoxy) is 1. The zero-order chi connectivity index (χ0) is 16.6. The third-order valence-electron chi connectivity index (χ3n) is 3.59. The Balaban J connectivity index is 2.42. The molecule has 118 valence electrons. The lowest BCUT2D eigenvalue weighted by Gasteiger charge is -2.16. The van der Waals surface area contributed by atoms with Crippen molar-refractivity contribution in [3.63, 3.8) is 0 Å². The molecule has 1 heterocycles. The molecule has 6 heteroatoms. The maximum Gasteiger partial charge on any atom is 0.267 e. The molecule has 0 saturated carbocycles. The molecule has 0 fully saturated rings. The maximum absolute atomic E-state index is 13.0. The summed E-state index contributed by atoms with van der Waals surface area (Å²) in [7, 11) is 1.57. The van der Waals surface area contributed by atoms with Gasteiger partial charge >= 0.3 is 0 Å². The Morgan fingerprint density at radius 3 is 2.70 bits per heavy atom. The molecule has 1 unspecified atom stereocenters. The lowest BCUT2D eigenvalue weighted by molar-refractivity contribution is 0.414. The van der Waals surface area contributed by atoms with Crippen molar-refractivity contribution in [3.8, 4) is 11.4 Å². The van der Waals surface area contributed by atoms with E-state index in [1.807, 2.05) is 12.1 Å². The van der Waals surface area contributed by atoms with Crippen molar-refractivity contribution >= 4 is 22.5 Å². The number of benzene rings is 2. The normalized spacial score (nSPS) is 12.3. The van der Waals surface area contributed by atoms with Crippen LogP contribution in [0.3, 0.4) is 0 Å². The van der Waals surface area contributed by atoms with Crippen LogP contribution in [0.5, 0.6) is 5.75 Å². The fraction of sp³-hybridized carbons (Fsp3) is 0.176. The summed E-state index contributed by atoms with van der Waals surface area (Å²) in [6.45, 7) is 1.79. The number of hydrogen-bond donors (Lipinski definition) is 1. The van der Waals surface area contributed by atoms with Crippen LogP contribution in [0, 0.1) is 0 Å². The van der Waals surface area contributed by atoms with Crippen LogP contribution in [0.1, 0.15) is 18.8 Å². The van der Waals surface area contributed by atoms with Gasteiger partial charge in [-0.1, -0.05) is 23.7 Å². The van der Waals surface area contributed by atoms with E-state index < -0.39 is 6.04 Å². The maximum atomic E-state index is 13.0. The van der Waals surface area contributed by atoms with Gasteiger partial charge in [0.2, 0.25) is 0 Å². The highest BCUT2D eigenvalue weighted by atomic mass is 35.5. The highest BCUT2D eigenvalue weighted by Crippen LogP contribution is 2.23. The zero-order valence-corrected chi connectivity index (χ0v) is 13.5. The summed E-state index contributed by atoms with van der Waals surface area (Å²) < 4.78 is 6.72. The molecular formula is C17H16ClN3O2. The summed E-state index contributed by atoms with van der Waals surface area (Å²) in [5, 5.41) is 0.745. The van der Waals surface area contributed by atoms with E-state index in [1.165, 1.54) is 4.57 Å². The van der Waals surface area contributed by atoms with Crippen molar-refractivity contribution in [2.24, 2.45) is 5.73 Å². The Hall–Kier alpha value is -2.37. The van der Waals surface area contributed by atoms with Gasteiger partial charge in [0, 0.05) is 6.07 Å². The minimum atomic E-state index is -0.419. The standard InChI is InChI=1S/C17H16ClN3O2/c1-10(19)16-20-14-8-4-7-13(18)15(14)17(22)21(16)11-5-3-6-12(9-11)23-2/h3-10H,19H2,1-2H3. The SMILES string of the molecule is COc1cccc(-n2c(C(C)N)nc3cccc(Cl)c3c2=O)c1. The summed E-state index contributed by atoms with van der Waals surface area (Å²) in [5.41, 5.74) is 6.96. The molecule has 5 nitrogen and oxygen atoms in total. The van der Waals surface area contributed by atoms with Crippen molar-refractivity contribution in [2.75, 3.05) is 7.11 Å². The summed E-state index contributed by atoms with van der Waals surface area (Å²) in [5.74, 6) is 1.11. The van der Waals surface area contributed by atoms with Crippen LogP contribution in [0.15, 0.2) is 47.3 Å². The van der Waals surface area contributed by atoms with E-state index in [2.05, 4.69) is 4.98 Å². The number of fused-ring (bicyclic) bond motifs is 1. The van der Waals surface area contributed by atoms with Crippen LogP contribution in [0.25, 0.3) is 16.6 Å². The number of hydrogen-bond acceptors (Lipinski definition) is 4.